The van der Waals surface area contributed by atoms with Crippen molar-refractivity contribution in [2.75, 3.05) is 5.43 Å². The normalized spacial score (nSPS) is 11.3. The summed E-state index contributed by atoms with van der Waals surface area (Å²) in [7, 11) is -3.76. The number of rotatable bonds is 5. The second-order valence-corrected chi connectivity index (χ2v) is 5.68. The summed E-state index contributed by atoms with van der Waals surface area (Å²) in [4.78, 5) is 3.77. The van der Waals surface area contributed by atoms with Crippen LogP contribution in [0.15, 0.2) is 47.5 Å². The molecular weight excluding hydrogens is 283 g/mol. The van der Waals surface area contributed by atoms with E-state index in [4.69, 9.17) is 5.84 Å². The number of hydrogen-bond acceptors (Lipinski definition) is 5. The first-order valence-electron chi connectivity index (χ1n) is 5.68. The van der Waals surface area contributed by atoms with Gasteiger partial charge in [-0.2, -0.15) is 0 Å². The summed E-state index contributed by atoms with van der Waals surface area (Å²) in [5.74, 6) is 4.90. The molecule has 2 aromatic rings. The number of pyridine rings is 1. The molecule has 0 saturated heterocycles. The molecule has 106 valence electrons. The number of hydrogen-bond donors (Lipinski definition) is 3. The molecule has 1 aromatic carbocycles. The number of sulfonamides is 1. The van der Waals surface area contributed by atoms with Gasteiger partial charge in [-0.25, -0.2) is 28.4 Å². The van der Waals surface area contributed by atoms with E-state index in [1.54, 1.807) is 0 Å². The predicted molar refractivity (Wildman–Crippen MR) is 72.5 cm³/mol. The minimum atomic E-state index is -3.76. The van der Waals surface area contributed by atoms with E-state index in [2.05, 4.69) is 15.1 Å². The SMILES string of the molecule is NNc1ncccc1S(=O)(=O)NCc1ccc(F)cc1. The molecule has 0 aliphatic carbocycles. The van der Waals surface area contributed by atoms with Crippen LogP contribution in [0, 0.1) is 5.82 Å². The van der Waals surface area contributed by atoms with Gasteiger partial charge in [-0.15, -0.1) is 0 Å². The van der Waals surface area contributed by atoms with E-state index in [9.17, 15) is 12.8 Å². The first kappa shape index (κ1) is 14.4. The van der Waals surface area contributed by atoms with Gasteiger partial charge in [-0.3, -0.25) is 0 Å². The Balaban J connectivity index is 2.17. The Morgan fingerprint density at radius 2 is 1.90 bits per heavy atom. The zero-order valence-electron chi connectivity index (χ0n) is 10.4. The molecule has 0 spiro atoms. The van der Waals surface area contributed by atoms with Gasteiger partial charge in [0.2, 0.25) is 10.0 Å². The maximum atomic E-state index is 12.8. The molecule has 0 amide bonds. The van der Waals surface area contributed by atoms with Crippen LogP contribution >= 0.6 is 0 Å². The topological polar surface area (TPSA) is 97.1 Å². The molecule has 0 fully saturated rings. The number of nitrogen functional groups attached to an aromatic ring is 1. The summed E-state index contributed by atoms with van der Waals surface area (Å²) in [5, 5.41) is 0. The fourth-order valence-electron chi connectivity index (χ4n) is 1.57. The highest BCUT2D eigenvalue weighted by atomic mass is 32.2. The molecule has 0 aliphatic rings. The second-order valence-electron chi connectivity index (χ2n) is 3.95. The molecule has 1 heterocycles. The van der Waals surface area contributed by atoms with Crippen LogP contribution in [0.3, 0.4) is 0 Å². The molecule has 1 aromatic heterocycles. The average Bonchev–Trinajstić information content (AvgIpc) is 2.46. The number of benzene rings is 1. The van der Waals surface area contributed by atoms with Crippen molar-refractivity contribution in [2.45, 2.75) is 11.4 Å². The Morgan fingerprint density at radius 1 is 1.20 bits per heavy atom. The average molecular weight is 296 g/mol. The van der Waals surface area contributed by atoms with Gasteiger partial charge in [0.1, 0.15) is 10.7 Å². The Morgan fingerprint density at radius 3 is 2.55 bits per heavy atom. The molecule has 0 atom stereocenters. The molecule has 0 radical (unpaired) electrons. The fourth-order valence-corrected chi connectivity index (χ4v) is 2.71. The van der Waals surface area contributed by atoms with Crippen LogP contribution < -0.4 is 16.0 Å². The van der Waals surface area contributed by atoms with E-state index in [0.29, 0.717) is 5.56 Å². The monoisotopic (exact) mass is 296 g/mol. The van der Waals surface area contributed by atoms with E-state index in [-0.39, 0.29) is 23.1 Å². The zero-order valence-corrected chi connectivity index (χ0v) is 11.2. The molecule has 0 aliphatic heterocycles. The van der Waals surface area contributed by atoms with Crippen molar-refractivity contribution in [1.82, 2.24) is 9.71 Å². The Hall–Kier alpha value is -2.03. The van der Waals surface area contributed by atoms with Crippen LogP contribution in [0.2, 0.25) is 0 Å². The van der Waals surface area contributed by atoms with Gasteiger partial charge in [0.25, 0.3) is 0 Å². The van der Waals surface area contributed by atoms with Gasteiger partial charge < -0.3 is 5.43 Å². The van der Waals surface area contributed by atoms with Crippen molar-refractivity contribution in [3.63, 3.8) is 0 Å². The summed E-state index contributed by atoms with van der Waals surface area (Å²) < 4.78 is 39.4. The third-order valence-corrected chi connectivity index (χ3v) is 4.01. The summed E-state index contributed by atoms with van der Waals surface area (Å²) in [6.45, 7) is 0.0432. The standard InChI is InChI=1S/C12H13FN4O2S/c13-10-5-3-9(4-6-10)8-16-20(18,19)11-2-1-7-15-12(11)17-14/h1-7,16H,8,14H2,(H,15,17). The Kier molecular flexibility index (Phi) is 4.28. The molecule has 0 bridgehead atoms. The maximum absolute atomic E-state index is 12.8. The van der Waals surface area contributed by atoms with Crippen molar-refractivity contribution in [3.8, 4) is 0 Å². The lowest BCUT2D eigenvalue weighted by Gasteiger charge is -2.10. The van der Waals surface area contributed by atoms with Crippen LogP contribution in [0.4, 0.5) is 10.2 Å². The summed E-state index contributed by atoms with van der Waals surface area (Å²) in [6, 6.07) is 8.41. The quantitative estimate of drug-likeness (QED) is 0.564. The van der Waals surface area contributed by atoms with E-state index in [0.717, 1.165) is 0 Å². The number of anilines is 1. The van der Waals surface area contributed by atoms with E-state index in [1.807, 2.05) is 0 Å². The van der Waals surface area contributed by atoms with Crippen molar-refractivity contribution in [1.29, 1.82) is 0 Å². The van der Waals surface area contributed by atoms with Gasteiger partial charge in [-0.1, -0.05) is 12.1 Å². The molecule has 20 heavy (non-hydrogen) atoms. The van der Waals surface area contributed by atoms with Gasteiger partial charge in [0.05, 0.1) is 0 Å². The molecular formula is C12H13FN4O2S. The van der Waals surface area contributed by atoms with Crippen molar-refractivity contribution >= 4 is 15.8 Å². The fraction of sp³-hybridized carbons (Fsp3) is 0.0833. The van der Waals surface area contributed by atoms with Crippen molar-refractivity contribution < 1.29 is 12.8 Å². The maximum Gasteiger partial charge on any atom is 0.244 e. The highest BCUT2D eigenvalue weighted by molar-refractivity contribution is 7.89. The minimum Gasteiger partial charge on any atom is -0.307 e. The van der Waals surface area contributed by atoms with E-state index in [1.165, 1.54) is 42.6 Å². The van der Waals surface area contributed by atoms with Crippen LogP contribution in [0.25, 0.3) is 0 Å². The Bertz CT molecular complexity index is 689. The third-order valence-electron chi connectivity index (χ3n) is 2.58. The van der Waals surface area contributed by atoms with Crippen LogP contribution in [-0.4, -0.2) is 13.4 Å². The molecule has 2 rings (SSSR count). The summed E-state index contributed by atoms with van der Waals surface area (Å²) in [6.07, 6.45) is 1.42. The van der Waals surface area contributed by atoms with Gasteiger partial charge >= 0.3 is 0 Å². The first-order valence-corrected chi connectivity index (χ1v) is 7.17. The van der Waals surface area contributed by atoms with E-state index < -0.39 is 10.0 Å². The molecule has 6 nitrogen and oxygen atoms in total. The summed E-state index contributed by atoms with van der Waals surface area (Å²) in [5.41, 5.74) is 2.87. The lowest BCUT2D eigenvalue weighted by molar-refractivity contribution is 0.581. The predicted octanol–water partition coefficient (Wildman–Crippen LogP) is 0.985. The first-order chi connectivity index (χ1) is 9.53. The number of hydrazine groups is 1. The lowest BCUT2D eigenvalue weighted by atomic mass is 10.2. The summed E-state index contributed by atoms with van der Waals surface area (Å²) >= 11 is 0. The van der Waals surface area contributed by atoms with Crippen LogP contribution in [0.1, 0.15) is 5.56 Å². The Labute approximate surface area is 115 Å². The smallest absolute Gasteiger partial charge is 0.244 e. The largest absolute Gasteiger partial charge is 0.307 e. The van der Waals surface area contributed by atoms with Gasteiger partial charge in [0.15, 0.2) is 5.82 Å². The number of nitrogens with zero attached hydrogens (tertiary/aromatic N) is 1. The molecule has 4 N–H and O–H groups in total. The van der Waals surface area contributed by atoms with E-state index >= 15 is 0 Å². The van der Waals surface area contributed by atoms with Gasteiger partial charge in [0, 0.05) is 12.7 Å². The van der Waals surface area contributed by atoms with Crippen LogP contribution in [0.5, 0.6) is 0 Å². The molecule has 8 heteroatoms. The second kappa shape index (κ2) is 5.95. The molecule has 0 saturated carbocycles. The van der Waals surface area contributed by atoms with Crippen LogP contribution in [-0.2, 0) is 16.6 Å². The molecule has 0 unspecified atom stereocenters. The third kappa shape index (κ3) is 3.29. The minimum absolute atomic E-state index is 0.0432. The van der Waals surface area contributed by atoms with Gasteiger partial charge in [-0.05, 0) is 29.8 Å². The number of nitrogens with two attached hydrogens (primary N) is 1. The number of aromatic nitrogens is 1. The van der Waals surface area contributed by atoms with Crippen molar-refractivity contribution in [3.05, 3.63) is 54.0 Å². The number of nitrogens with one attached hydrogen (secondary N) is 2. The highest BCUT2D eigenvalue weighted by Gasteiger charge is 2.18. The number of halogens is 1. The van der Waals surface area contributed by atoms with Crippen molar-refractivity contribution in [2.24, 2.45) is 5.84 Å². The zero-order chi connectivity index (χ0) is 14.6. The lowest BCUT2D eigenvalue weighted by Crippen LogP contribution is -2.25. The highest BCUT2D eigenvalue weighted by Crippen LogP contribution is 2.17.